The van der Waals surface area contributed by atoms with E-state index in [1.165, 1.54) is 4.88 Å². The SMILES string of the molecule is Clc1ccccc1/C=N/C=C/c1cccs1. The van der Waals surface area contributed by atoms with Gasteiger partial charge >= 0.3 is 0 Å². The van der Waals surface area contributed by atoms with Crippen molar-refractivity contribution in [3.8, 4) is 0 Å². The number of halogens is 1. The molecule has 16 heavy (non-hydrogen) atoms. The Morgan fingerprint density at radius 1 is 1.12 bits per heavy atom. The maximum atomic E-state index is 5.99. The average Bonchev–Trinajstić information content (AvgIpc) is 2.79. The van der Waals surface area contributed by atoms with Crippen LogP contribution in [0.2, 0.25) is 5.02 Å². The van der Waals surface area contributed by atoms with Crippen LogP contribution in [0.15, 0.2) is 53.0 Å². The molecule has 0 unspecified atom stereocenters. The van der Waals surface area contributed by atoms with E-state index in [9.17, 15) is 0 Å². The third-order valence-electron chi connectivity index (χ3n) is 1.99. The first-order valence-electron chi connectivity index (χ1n) is 4.84. The molecule has 1 aromatic carbocycles. The minimum Gasteiger partial charge on any atom is -0.264 e. The molecule has 3 heteroatoms. The minimum absolute atomic E-state index is 0.718. The van der Waals surface area contributed by atoms with Gasteiger partial charge in [0.2, 0.25) is 0 Å². The maximum absolute atomic E-state index is 5.99. The van der Waals surface area contributed by atoms with Crippen LogP contribution in [0, 0.1) is 0 Å². The molecule has 0 saturated carbocycles. The lowest BCUT2D eigenvalue weighted by Crippen LogP contribution is -1.80. The van der Waals surface area contributed by atoms with Gasteiger partial charge < -0.3 is 0 Å². The summed E-state index contributed by atoms with van der Waals surface area (Å²) in [6.45, 7) is 0. The smallest absolute Gasteiger partial charge is 0.0493 e. The molecule has 0 bridgehead atoms. The third-order valence-corrected chi connectivity index (χ3v) is 3.17. The molecule has 2 rings (SSSR count). The molecule has 0 radical (unpaired) electrons. The van der Waals surface area contributed by atoms with Gasteiger partial charge in [-0.25, -0.2) is 0 Å². The van der Waals surface area contributed by atoms with E-state index in [-0.39, 0.29) is 0 Å². The molecule has 0 aliphatic heterocycles. The molecule has 0 saturated heterocycles. The molecule has 2 aromatic rings. The maximum Gasteiger partial charge on any atom is 0.0493 e. The Kier molecular flexibility index (Phi) is 3.91. The molecule has 0 aliphatic carbocycles. The second-order valence-electron chi connectivity index (χ2n) is 3.13. The van der Waals surface area contributed by atoms with E-state index in [2.05, 4.69) is 4.99 Å². The Morgan fingerprint density at radius 3 is 2.75 bits per heavy atom. The van der Waals surface area contributed by atoms with Gasteiger partial charge in [0.15, 0.2) is 0 Å². The third kappa shape index (κ3) is 3.05. The van der Waals surface area contributed by atoms with Crippen LogP contribution in [-0.4, -0.2) is 6.21 Å². The van der Waals surface area contributed by atoms with Gasteiger partial charge in [0.1, 0.15) is 0 Å². The van der Waals surface area contributed by atoms with Crippen LogP contribution in [0.25, 0.3) is 6.08 Å². The zero-order chi connectivity index (χ0) is 11.2. The molecule has 1 nitrogen and oxygen atoms in total. The van der Waals surface area contributed by atoms with Crippen molar-refractivity contribution in [2.75, 3.05) is 0 Å². The molecule has 0 amide bonds. The van der Waals surface area contributed by atoms with E-state index in [1.807, 2.05) is 47.9 Å². The van der Waals surface area contributed by atoms with Gasteiger partial charge in [-0.2, -0.15) is 0 Å². The summed E-state index contributed by atoms with van der Waals surface area (Å²) < 4.78 is 0. The Labute approximate surface area is 104 Å². The Hall–Kier alpha value is -1.38. The monoisotopic (exact) mass is 247 g/mol. The quantitative estimate of drug-likeness (QED) is 0.709. The summed E-state index contributed by atoms with van der Waals surface area (Å²) in [5.41, 5.74) is 0.931. The Morgan fingerprint density at radius 2 is 2.00 bits per heavy atom. The van der Waals surface area contributed by atoms with Crippen LogP contribution < -0.4 is 0 Å². The average molecular weight is 248 g/mol. The fourth-order valence-corrected chi connectivity index (χ4v) is 2.00. The van der Waals surface area contributed by atoms with Crippen LogP contribution in [0.3, 0.4) is 0 Å². The standard InChI is InChI=1S/C13H10ClNS/c14-13-6-2-1-4-11(13)10-15-8-7-12-5-3-9-16-12/h1-10H/b8-7+,15-10+. The molecular formula is C13H10ClNS. The zero-order valence-corrected chi connectivity index (χ0v) is 10.1. The molecule has 0 fully saturated rings. The van der Waals surface area contributed by atoms with E-state index in [0.717, 1.165) is 10.6 Å². The number of hydrogen-bond acceptors (Lipinski definition) is 2. The number of hydrogen-bond donors (Lipinski definition) is 0. The van der Waals surface area contributed by atoms with Crippen molar-refractivity contribution in [2.45, 2.75) is 0 Å². The molecule has 0 N–H and O–H groups in total. The summed E-state index contributed by atoms with van der Waals surface area (Å²) in [4.78, 5) is 5.39. The fraction of sp³-hybridized carbons (Fsp3) is 0. The Bertz CT molecular complexity index is 500. The highest BCUT2D eigenvalue weighted by Gasteiger charge is 1.92. The van der Waals surface area contributed by atoms with Crippen molar-refractivity contribution in [2.24, 2.45) is 4.99 Å². The van der Waals surface area contributed by atoms with Crippen LogP contribution in [-0.2, 0) is 0 Å². The van der Waals surface area contributed by atoms with Crippen LogP contribution in [0.5, 0.6) is 0 Å². The Balaban J connectivity index is 2.03. The highest BCUT2D eigenvalue weighted by Crippen LogP contribution is 2.13. The fourth-order valence-electron chi connectivity index (χ4n) is 1.21. The van der Waals surface area contributed by atoms with E-state index >= 15 is 0 Å². The topological polar surface area (TPSA) is 12.4 Å². The van der Waals surface area contributed by atoms with Crippen molar-refractivity contribution >= 4 is 35.2 Å². The minimum atomic E-state index is 0.718. The lowest BCUT2D eigenvalue weighted by Gasteiger charge is -1.93. The van der Waals surface area contributed by atoms with Gasteiger partial charge in [0, 0.05) is 27.9 Å². The van der Waals surface area contributed by atoms with Gasteiger partial charge in [-0.05, 0) is 23.6 Å². The van der Waals surface area contributed by atoms with Gasteiger partial charge in [-0.15, -0.1) is 11.3 Å². The van der Waals surface area contributed by atoms with Gasteiger partial charge in [-0.3, -0.25) is 4.99 Å². The lowest BCUT2D eigenvalue weighted by molar-refractivity contribution is 1.58. The summed E-state index contributed by atoms with van der Waals surface area (Å²) in [5.74, 6) is 0. The molecule has 0 aliphatic rings. The number of benzene rings is 1. The number of nitrogens with zero attached hydrogens (tertiary/aromatic N) is 1. The highest BCUT2D eigenvalue weighted by atomic mass is 35.5. The van der Waals surface area contributed by atoms with E-state index in [0.29, 0.717) is 0 Å². The second-order valence-corrected chi connectivity index (χ2v) is 4.52. The van der Waals surface area contributed by atoms with Crippen molar-refractivity contribution in [1.82, 2.24) is 0 Å². The number of rotatable bonds is 3. The van der Waals surface area contributed by atoms with Crippen molar-refractivity contribution in [3.05, 3.63) is 63.4 Å². The second kappa shape index (κ2) is 5.64. The highest BCUT2D eigenvalue weighted by molar-refractivity contribution is 7.10. The molecule has 80 valence electrons. The molecular weight excluding hydrogens is 238 g/mol. The molecule has 0 spiro atoms. The first-order valence-corrected chi connectivity index (χ1v) is 6.10. The summed E-state index contributed by atoms with van der Waals surface area (Å²) in [5, 5.41) is 2.76. The van der Waals surface area contributed by atoms with E-state index < -0.39 is 0 Å². The van der Waals surface area contributed by atoms with Gasteiger partial charge in [-0.1, -0.05) is 35.9 Å². The summed E-state index contributed by atoms with van der Waals surface area (Å²) in [7, 11) is 0. The number of aliphatic imine (C=N–C) groups is 1. The van der Waals surface area contributed by atoms with Gasteiger partial charge in [0.25, 0.3) is 0 Å². The largest absolute Gasteiger partial charge is 0.264 e. The summed E-state index contributed by atoms with van der Waals surface area (Å²) in [6, 6.07) is 11.7. The van der Waals surface area contributed by atoms with Crippen LogP contribution in [0.1, 0.15) is 10.4 Å². The van der Waals surface area contributed by atoms with Gasteiger partial charge in [0.05, 0.1) is 0 Å². The normalized spacial score (nSPS) is 11.6. The summed E-state index contributed by atoms with van der Waals surface area (Å²) >= 11 is 7.68. The van der Waals surface area contributed by atoms with Crippen molar-refractivity contribution < 1.29 is 0 Å². The molecule has 1 heterocycles. The lowest BCUT2D eigenvalue weighted by atomic mass is 10.2. The zero-order valence-electron chi connectivity index (χ0n) is 8.51. The molecule has 0 atom stereocenters. The summed E-state index contributed by atoms with van der Waals surface area (Å²) in [6.07, 6.45) is 5.50. The first kappa shape index (κ1) is 11.1. The first-order chi connectivity index (χ1) is 7.86. The van der Waals surface area contributed by atoms with Crippen LogP contribution >= 0.6 is 22.9 Å². The van der Waals surface area contributed by atoms with Crippen LogP contribution in [0.4, 0.5) is 0 Å². The predicted octanol–water partition coefficient (Wildman–Crippen LogP) is 4.49. The van der Waals surface area contributed by atoms with Crippen molar-refractivity contribution in [3.63, 3.8) is 0 Å². The number of thiophene rings is 1. The van der Waals surface area contributed by atoms with E-state index in [4.69, 9.17) is 11.6 Å². The van der Waals surface area contributed by atoms with Crippen molar-refractivity contribution in [1.29, 1.82) is 0 Å². The molecule has 1 aromatic heterocycles. The van der Waals surface area contributed by atoms with E-state index in [1.54, 1.807) is 23.8 Å². The predicted molar refractivity (Wildman–Crippen MR) is 72.4 cm³/mol.